The number of aromatic amines is 1. The minimum atomic E-state index is -0.466. The van der Waals surface area contributed by atoms with Crippen LogP contribution in [0.5, 0.6) is 0 Å². The first kappa shape index (κ1) is 13.3. The molecule has 0 fully saturated rings. The van der Waals surface area contributed by atoms with Gasteiger partial charge in [-0.05, 0) is 18.2 Å². The Hall–Kier alpha value is -3.41. The highest BCUT2D eigenvalue weighted by molar-refractivity contribution is 6.35. The maximum absolute atomic E-state index is 12.2. The molecule has 1 amide bonds. The number of anilines is 1. The molecular weight excluding hydrogens is 294 g/mol. The number of H-pyrrole nitrogens is 1. The number of rotatable bonds is 2. The summed E-state index contributed by atoms with van der Waals surface area (Å²) in [7, 11) is 0. The van der Waals surface area contributed by atoms with Gasteiger partial charge >= 0.3 is 0 Å². The normalized spacial score (nSPS) is 15.0. The van der Waals surface area contributed by atoms with E-state index in [1.165, 1.54) is 12.1 Å². The number of non-ortho nitro benzene ring substituents is 1. The van der Waals surface area contributed by atoms with E-state index in [-0.39, 0.29) is 11.6 Å². The number of hydrogen-bond donors (Lipinski definition) is 2. The van der Waals surface area contributed by atoms with Gasteiger partial charge in [-0.1, -0.05) is 18.2 Å². The molecule has 23 heavy (non-hydrogen) atoms. The van der Waals surface area contributed by atoms with Crippen molar-refractivity contribution in [1.29, 1.82) is 0 Å². The van der Waals surface area contributed by atoms with E-state index in [1.54, 1.807) is 12.1 Å². The first-order valence-corrected chi connectivity index (χ1v) is 7.01. The maximum Gasteiger partial charge on any atom is 0.270 e. The van der Waals surface area contributed by atoms with Crippen LogP contribution in [0, 0.1) is 10.1 Å². The molecule has 1 aromatic heterocycles. The molecular formula is C17H11N3O3. The first-order chi connectivity index (χ1) is 11.1. The van der Waals surface area contributed by atoms with Crippen LogP contribution in [-0.4, -0.2) is 15.8 Å². The van der Waals surface area contributed by atoms with E-state index in [2.05, 4.69) is 10.3 Å². The molecule has 0 atom stereocenters. The zero-order valence-electron chi connectivity index (χ0n) is 11.9. The molecule has 0 aliphatic carbocycles. The van der Waals surface area contributed by atoms with Gasteiger partial charge in [-0.25, -0.2) is 0 Å². The summed E-state index contributed by atoms with van der Waals surface area (Å²) in [6, 6.07) is 12.1. The minimum absolute atomic E-state index is 0.0370. The van der Waals surface area contributed by atoms with Crippen LogP contribution < -0.4 is 5.32 Å². The number of nitrogens with zero attached hydrogens (tertiary/aromatic N) is 1. The van der Waals surface area contributed by atoms with E-state index < -0.39 is 4.92 Å². The average molecular weight is 305 g/mol. The standard InChI is InChI=1S/C17H11N3O3/c21-17-14(7-10-9-18-15-4-2-1-3-12(10)15)13-8-11(20(22)23)5-6-16(13)19-17/h1-9,18H,(H,19,21). The monoisotopic (exact) mass is 305 g/mol. The van der Waals surface area contributed by atoms with Crippen molar-refractivity contribution in [1.82, 2.24) is 4.98 Å². The number of aromatic nitrogens is 1. The second kappa shape index (κ2) is 4.81. The molecule has 0 bridgehead atoms. The fourth-order valence-electron chi connectivity index (χ4n) is 2.80. The number of nitrogens with one attached hydrogen (secondary N) is 2. The second-order valence-corrected chi connectivity index (χ2v) is 5.29. The highest BCUT2D eigenvalue weighted by Gasteiger charge is 2.26. The van der Waals surface area contributed by atoms with Crippen LogP contribution in [0.3, 0.4) is 0 Å². The summed E-state index contributed by atoms with van der Waals surface area (Å²) in [5.41, 5.74) is 3.36. The number of carbonyl (C=O) groups is 1. The van der Waals surface area contributed by atoms with Crippen molar-refractivity contribution in [2.45, 2.75) is 0 Å². The maximum atomic E-state index is 12.2. The Morgan fingerprint density at radius 3 is 2.78 bits per heavy atom. The van der Waals surface area contributed by atoms with Gasteiger partial charge in [0.1, 0.15) is 0 Å². The number of carbonyl (C=O) groups excluding carboxylic acids is 1. The van der Waals surface area contributed by atoms with Gasteiger partial charge in [0.2, 0.25) is 0 Å². The van der Waals surface area contributed by atoms with Gasteiger partial charge in [0.15, 0.2) is 0 Å². The van der Waals surface area contributed by atoms with E-state index in [9.17, 15) is 14.9 Å². The van der Waals surface area contributed by atoms with Crippen LogP contribution in [0.25, 0.3) is 22.6 Å². The summed E-state index contributed by atoms with van der Waals surface area (Å²) in [5.74, 6) is -0.259. The van der Waals surface area contributed by atoms with Crippen LogP contribution in [0.4, 0.5) is 11.4 Å². The molecule has 112 valence electrons. The summed E-state index contributed by atoms with van der Waals surface area (Å²) < 4.78 is 0. The summed E-state index contributed by atoms with van der Waals surface area (Å²) in [5, 5.41) is 14.7. The van der Waals surface area contributed by atoms with Gasteiger partial charge in [0.25, 0.3) is 11.6 Å². The Balaban J connectivity index is 1.88. The lowest BCUT2D eigenvalue weighted by molar-refractivity contribution is -0.384. The topological polar surface area (TPSA) is 88.0 Å². The number of nitro benzene ring substituents is 1. The molecule has 0 saturated heterocycles. The highest BCUT2D eigenvalue weighted by atomic mass is 16.6. The Kier molecular flexibility index (Phi) is 2.77. The largest absolute Gasteiger partial charge is 0.361 e. The number of hydrogen-bond acceptors (Lipinski definition) is 3. The summed E-state index contributed by atoms with van der Waals surface area (Å²) in [4.78, 5) is 25.9. The van der Waals surface area contributed by atoms with Crippen molar-refractivity contribution >= 4 is 39.8 Å². The van der Waals surface area contributed by atoms with E-state index in [1.807, 2.05) is 30.5 Å². The van der Waals surface area contributed by atoms with Crippen molar-refractivity contribution in [2.24, 2.45) is 0 Å². The Morgan fingerprint density at radius 1 is 1.13 bits per heavy atom. The summed E-state index contributed by atoms with van der Waals surface area (Å²) >= 11 is 0. The van der Waals surface area contributed by atoms with E-state index >= 15 is 0 Å². The molecule has 4 rings (SSSR count). The van der Waals surface area contributed by atoms with Gasteiger partial charge in [0, 0.05) is 51.6 Å². The van der Waals surface area contributed by atoms with Gasteiger partial charge in [-0.15, -0.1) is 0 Å². The quantitative estimate of drug-likeness (QED) is 0.431. The molecule has 0 unspecified atom stereocenters. The van der Waals surface area contributed by atoms with Crippen molar-refractivity contribution in [3.63, 3.8) is 0 Å². The molecule has 3 aromatic rings. The highest BCUT2D eigenvalue weighted by Crippen LogP contribution is 2.36. The van der Waals surface area contributed by atoms with Crippen molar-refractivity contribution in [2.75, 3.05) is 5.32 Å². The zero-order valence-corrected chi connectivity index (χ0v) is 11.9. The van der Waals surface area contributed by atoms with Crippen LogP contribution in [0.15, 0.2) is 48.7 Å². The second-order valence-electron chi connectivity index (χ2n) is 5.29. The van der Waals surface area contributed by atoms with Crippen molar-refractivity contribution in [3.8, 4) is 0 Å². The van der Waals surface area contributed by atoms with Crippen LogP contribution in [0.1, 0.15) is 11.1 Å². The van der Waals surface area contributed by atoms with Gasteiger partial charge < -0.3 is 10.3 Å². The molecule has 2 N–H and O–H groups in total. The van der Waals surface area contributed by atoms with Crippen molar-refractivity contribution in [3.05, 3.63) is 69.9 Å². The molecule has 0 spiro atoms. The number of fused-ring (bicyclic) bond motifs is 2. The lowest BCUT2D eigenvalue weighted by Gasteiger charge is -1.99. The molecule has 2 heterocycles. The number of nitro groups is 1. The molecule has 0 saturated carbocycles. The average Bonchev–Trinajstić information content (AvgIpc) is 3.09. The Labute approximate surface area is 130 Å². The fourth-order valence-corrected chi connectivity index (χ4v) is 2.80. The van der Waals surface area contributed by atoms with E-state index in [4.69, 9.17) is 0 Å². The van der Waals surface area contributed by atoms with Gasteiger partial charge in [-0.2, -0.15) is 0 Å². The third kappa shape index (κ3) is 2.08. The summed E-state index contributed by atoms with van der Waals surface area (Å²) in [6.07, 6.45) is 3.57. The Bertz CT molecular complexity index is 1000. The fraction of sp³-hybridized carbons (Fsp3) is 0. The third-order valence-electron chi connectivity index (χ3n) is 3.92. The molecule has 0 radical (unpaired) electrons. The predicted octanol–water partition coefficient (Wildman–Crippen LogP) is 3.57. The molecule has 6 heteroatoms. The van der Waals surface area contributed by atoms with Gasteiger partial charge in [0.05, 0.1) is 4.92 Å². The molecule has 1 aliphatic heterocycles. The predicted molar refractivity (Wildman–Crippen MR) is 87.9 cm³/mol. The molecule has 1 aliphatic rings. The van der Waals surface area contributed by atoms with Crippen LogP contribution in [0.2, 0.25) is 0 Å². The third-order valence-corrected chi connectivity index (χ3v) is 3.92. The summed E-state index contributed by atoms with van der Waals surface area (Å²) in [6.45, 7) is 0. The van der Waals surface area contributed by atoms with Crippen molar-refractivity contribution < 1.29 is 9.72 Å². The SMILES string of the molecule is O=C1Nc2ccc([N+](=O)[O-])cc2C1=Cc1c[nH]c2ccccc12. The first-order valence-electron chi connectivity index (χ1n) is 7.01. The molecule has 2 aromatic carbocycles. The Morgan fingerprint density at radius 2 is 1.96 bits per heavy atom. The van der Waals surface area contributed by atoms with Gasteiger partial charge in [-0.3, -0.25) is 14.9 Å². The number of para-hydroxylation sites is 1. The number of amides is 1. The van der Waals surface area contributed by atoms with Crippen LogP contribution >= 0.6 is 0 Å². The van der Waals surface area contributed by atoms with E-state index in [0.717, 1.165) is 16.5 Å². The number of benzene rings is 2. The smallest absolute Gasteiger partial charge is 0.270 e. The zero-order chi connectivity index (χ0) is 16.0. The molecule has 6 nitrogen and oxygen atoms in total. The van der Waals surface area contributed by atoms with E-state index in [0.29, 0.717) is 16.8 Å². The lowest BCUT2D eigenvalue weighted by atomic mass is 10.0. The van der Waals surface area contributed by atoms with Crippen LogP contribution in [-0.2, 0) is 4.79 Å². The lowest BCUT2D eigenvalue weighted by Crippen LogP contribution is -2.03. The minimum Gasteiger partial charge on any atom is -0.361 e.